The van der Waals surface area contributed by atoms with Gasteiger partial charge < -0.3 is 21.5 Å². The van der Waals surface area contributed by atoms with Gasteiger partial charge in [0.25, 0.3) is 0 Å². The molecule has 0 aromatic heterocycles. The molecule has 1 aliphatic rings. The third-order valence-electron chi connectivity index (χ3n) is 3.66. The number of aliphatic carboxylic acids is 1. The molecule has 7 nitrogen and oxygen atoms in total. The standard InChI is InChI=1S/C12H21N3O4/c1-12(11(18)19)5-3-2-4-8(12)15-10(17)7-14-9(16)6-13/h8H,2-7,13H2,1H3,(H,14,16)(H,15,17)(H,18,19). The lowest BCUT2D eigenvalue weighted by atomic mass is 9.71. The summed E-state index contributed by atoms with van der Waals surface area (Å²) in [5.41, 5.74) is 4.17. The van der Waals surface area contributed by atoms with E-state index in [-0.39, 0.29) is 19.0 Å². The maximum Gasteiger partial charge on any atom is 0.311 e. The minimum Gasteiger partial charge on any atom is -0.481 e. The van der Waals surface area contributed by atoms with Crippen LogP contribution in [0.15, 0.2) is 0 Å². The van der Waals surface area contributed by atoms with E-state index in [1.54, 1.807) is 6.92 Å². The van der Waals surface area contributed by atoms with Crippen molar-refractivity contribution in [2.45, 2.75) is 38.6 Å². The Hall–Kier alpha value is -1.63. The number of carbonyl (C=O) groups excluding carboxylic acids is 2. The van der Waals surface area contributed by atoms with Gasteiger partial charge in [0, 0.05) is 6.04 Å². The highest BCUT2D eigenvalue weighted by molar-refractivity contribution is 5.86. The summed E-state index contributed by atoms with van der Waals surface area (Å²) in [6, 6.07) is -0.402. The maximum absolute atomic E-state index is 11.7. The van der Waals surface area contributed by atoms with Gasteiger partial charge >= 0.3 is 5.97 Å². The van der Waals surface area contributed by atoms with Crippen LogP contribution in [0.5, 0.6) is 0 Å². The molecule has 0 saturated heterocycles. The predicted molar refractivity (Wildman–Crippen MR) is 68.2 cm³/mol. The van der Waals surface area contributed by atoms with Crippen LogP contribution in [0.2, 0.25) is 0 Å². The second-order valence-electron chi connectivity index (χ2n) is 5.07. The third kappa shape index (κ3) is 3.92. The molecule has 1 aliphatic carbocycles. The Balaban J connectivity index is 2.56. The van der Waals surface area contributed by atoms with Gasteiger partial charge in [-0.1, -0.05) is 12.8 Å². The molecular formula is C12H21N3O4. The topological polar surface area (TPSA) is 122 Å². The van der Waals surface area contributed by atoms with Crippen molar-refractivity contribution in [2.24, 2.45) is 11.1 Å². The minimum absolute atomic E-state index is 0.177. The molecule has 2 amide bonds. The Morgan fingerprint density at radius 3 is 2.58 bits per heavy atom. The van der Waals surface area contributed by atoms with E-state index < -0.39 is 23.3 Å². The molecule has 1 fully saturated rings. The lowest BCUT2D eigenvalue weighted by molar-refractivity contribution is -0.152. The van der Waals surface area contributed by atoms with E-state index in [0.717, 1.165) is 12.8 Å². The highest BCUT2D eigenvalue weighted by Crippen LogP contribution is 2.36. The lowest BCUT2D eigenvalue weighted by Crippen LogP contribution is -2.54. The molecule has 19 heavy (non-hydrogen) atoms. The molecule has 7 heteroatoms. The summed E-state index contributed by atoms with van der Waals surface area (Å²) in [5, 5.41) is 14.3. The first kappa shape index (κ1) is 15.4. The number of nitrogens with two attached hydrogens (primary N) is 1. The minimum atomic E-state index is -0.939. The number of carboxylic acid groups (broad SMARTS) is 1. The summed E-state index contributed by atoms with van der Waals surface area (Å²) in [6.07, 6.45) is 2.92. The molecule has 0 bridgehead atoms. The van der Waals surface area contributed by atoms with Crippen LogP contribution in [0.25, 0.3) is 0 Å². The number of carbonyl (C=O) groups is 3. The molecule has 5 N–H and O–H groups in total. The van der Waals surface area contributed by atoms with E-state index in [2.05, 4.69) is 10.6 Å². The van der Waals surface area contributed by atoms with Gasteiger partial charge in [-0.05, 0) is 19.8 Å². The van der Waals surface area contributed by atoms with Crippen LogP contribution in [-0.2, 0) is 14.4 Å². The molecule has 2 atom stereocenters. The first-order valence-corrected chi connectivity index (χ1v) is 6.39. The molecule has 0 spiro atoms. The molecule has 0 aliphatic heterocycles. The summed E-state index contributed by atoms with van der Waals surface area (Å²) in [5.74, 6) is -1.70. The van der Waals surface area contributed by atoms with Crippen molar-refractivity contribution in [3.8, 4) is 0 Å². The zero-order chi connectivity index (χ0) is 14.5. The van der Waals surface area contributed by atoms with Crippen molar-refractivity contribution in [2.75, 3.05) is 13.1 Å². The van der Waals surface area contributed by atoms with Crippen LogP contribution in [0.3, 0.4) is 0 Å². The molecule has 108 valence electrons. The van der Waals surface area contributed by atoms with Crippen molar-refractivity contribution in [3.63, 3.8) is 0 Å². The Morgan fingerprint density at radius 2 is 2.00 bits per heavy atom. The van der Waals surface area contributed by atoms with Gasteiger partial charge in [0.1, 0.15) is 0 Å². The predicted octanol–water partition coefficient (Wildman–Crippen LogP) is -0.789. The van der Waals surface area contributed by atoms with Gasteiger partial charge in [-0.3, -0.25) is 14.4 Å². The van der Waals surface area contributed by atoms with Crippen LogP contribution in [0, 0.1) is 5.41 Å². The number of hydrogen-bond acceptors (Lipinski definition) is 4. The molecule has 0 aromatic carbocycles. The van der Waals surface area contributed by atoms with Crippen LogP contribution < -0.4 is 16.4 Å². The molecule has 1 rings (SSSR count). The highest BCUT2D eigenvalue weighted by atomic mass is 16.4. The number of carboxylic acids is 1. The van der Waals surface area contributed by atoms with E-state index in [4.69, 9.17) is 5.73 Å². The van der Waals surface area contributed by atoms with Crippen LogP contribution in [0.4, 0.5) is 0 Å². The average Bonchev–Trinajstić information content (AvgIpc) is 2.38. The van der Waals surface area contributed by atoms with Crippen LogP contribution >= 0.6 is 0 Å². The van der Waals surface area contributed by atoms with E-state index in [1.165, 1.54) is 0 Å². The number of amides is 2. The van der Waals surface area contributed by atoms with Gasteiger partial charge in [-0.25, -0.2) is 0 Å². The van der Waals surface area contributed by atoms with Crippen LogP contribution in [-0.4, -0.2) is 42.0 Å². The Bertz CT molecular complexity index is 372. The normalized spacial score (nSPS) is 26.5. The Labute approximate surface area is 111 Å². The van der Waals surface area contributed by atoms with Gasteiger partial charge in [0.15, 0.2) is 0 Å². The van der Waals surface area contributed by atoms with E-state index in [1.807, 2.05) is 0 Å². The number of hydrogen-bond donors (Lipinski definition) is 4. The zero-order valence-electron chi connectivity index (χ0n) is 11.1. The van der Waals surface area contributed by atoms with Crippen molar-refractivity contribution >= 4 is 17.8 Å². The second-order valence-corrected chi connectivity index (χ2v) is 5.07. The quantitative estimate of drug-likeness (QED) is 0.522. The summed E-state index contributed by atoms with van der Waals surface area (Å²) >= 11 is 0. The molecule has 2 unspecified atom stereocenters. The van der Waals surface area contributed by atoms with Gasteiger partial charge in [0.05, 0.1) is 18.5 Å². The average molecular weight is 271 g/mol. The molecule has 0 radical (unpaired) electrons. The fourth-order valence-electron chi connectivity index (χ4n) is 2.32. The summed E-state index contributed by atoms with van der Waals surface area (Å²) < 4.78 is 0. The Morgan fingerprint density at radius 1 is 1.32 bits per heavy atom. The third-order valence-corrected chi connectivity index (χ3v) is 3.66. The van der Waals surface area contributed by atoms with Crippen molar-refractivity contribution in [1.82, 2.24) is 10.6 Å². The number of rotatable bonds is 5. The van der Waals surface area contributed by atoms with Crippen molar-refractivity contribution in [1.29, 1.82) is 0 Å². The summed E-state index contributed by atoms with van der Waals surface area (Å²) in [7, 11) is 0. The van der Waals surface area contributed by atoms with Gasteiger partial charge in [-0.2, -0.15) is 0 Å². The highest BCUT2D eigenvalue weighted by Gasteiger charge is 2.43. The van der Waals surface area contributed by atoms with E-state index in [0.29, 0.717) is 12.8 Å². The lowest BCUT2D eigenvalue weighted by Gasteiger charge is -2.38. The van der Waals surface area contributed by atoms with E-state index in [9.17, 15) is 19.5 Å². The first-order chi connectivity index (χ1) is 8.90. The fourth-order valence-corrected chi connectivity index (χ4v) is 2.32. The van der Waals surface area contributed by atoms with Gasteiger partial charge in [-0.15, -0.1) is 0 Å². The SMILES string of the molecule is CC1(C(=O)O)CCCCC1NC(=O)CNC(=O)CN. The molecule has 0 heterocycles. The van der Waals surface area contributed by atoms with Gasteiger partial charge in [0.2, 0.25) is 11.8 Å². The monoisotopic (exact) mass is 271 g/mol. The largest absolute Gasteiger partial charge is 0.481 e. The summed E-state index contributed by atoms with van der Waals surface area (Å²) in [6.45, 7) is 1.30. The van der Waals surface area contributed by atoms with Crippen LogP contribution in [0.1, 0.15) is 32.6 Å². The molecule has 1 saturated carbocycles. The summed E-state index contributed by atoms with van der Waals surface area (Å²) in [4.78, 5) is 34.0. The first-order valence-electron chi connectivity index (χ1n) is 6.39. The second kappa shape index (κ2) is 6.51. The van der Waals surface area contributed by atoms with E-state index >= 15 is 0 Å². The zero-order valence-corrected chi connectivity index (χ0v) is 11.1. The maximum atomic E-state index is 11.7. The van der Waals surface area contributed by atoms with Crippen molar-refractivity contribution in [3.05, 3.63) is 0 Å². The fraction of sp³-hybridized carbons (Fsp3) is 0.750. The smallest absolute Gasteiger partial charge is 0.311 e. The Kier molecular flexibility index (Phi) is 5.29. The van der Waals surface area contributed by atoms with Crippen molar-refractivity contribution < 1.29 is 19.5 Å². The number of nitrogens with one attached hydrogen (secondary N) is 2. The molecule has 0 aromatic rings. The molecular weight excluding hydrogens is 250 g/mol.